The highest BCUT2D eigenvalue weighted by molar-refractivity contribution is 5.04. The summed E-state index contributed by atoms with van der Waals surface area (Å²) in [6.45, 7) is 36.4. The molecule has 2 aliphatic heterocycles. The minimum absolute atomic E-state index is 0.302. The number of likely N-dealkylation sites (tertiary alicyclic amines) is 2. The summed E-state index contributed by atoms with van der Waals surface area (Å²) in [5.41, 5.74) is 1.28. The van der Waals surface area contributed by atoms with Gasteiger partial charge in [-0.05, 0) is 193 Å². The first-order chi connectivity index (χ1) is 23.2. The van der Waals surface area contributed by atoms with E-state index in [2.05, 4.69) is 114 Å². The summed E-state index contributed by atoms with van der Waals surface area (Å²) in [4.78, 5) is 5.44. The highest BCUT2D eigenvalue weighted by Crippen LogP contribution is 2.52. The zero-order chi connectivity index (χ0) is 37.7. The third kappa shape index (κ3) is 11.2. The van der Waals surface area contributed by atoms with E-state index in [0.717, 1.165) is 30.3 Å². The lowest BCUT2D eigenvalue weighted by molar-refractivity contribution is -0.116. The number of ether oxygens (including phenoxy) is 2. The monoisotopic (exact) mass is 703 g/mol. The van der Waals surface area contributed by atoms with E-state index in [1.165, 1.54) is 96.4 Å². The van der Waals surface area contributed by atoms with Crippen LogP contribution in [0.2, 0.25) is 0 Å². The van der Waals surface area contributed by atoms with E-state index in [4.69, 9.17) is 9.47 Å². The number of piperidine rings is 2. The fourth-order valence-corrected chi connectivity index (χ4v) is 11.9. The van der Waals surface area contributed by atoms with Crippen LogP contribution in [0.25, 0.3) is 0 Å². The molecule has 0 aromatic carbocycles. The topological polar surface area (TPSA) is 24.9 Å². The molecule has 0 bridgehead atoms. The molecular weight excluding hydrogens is 613 g/mol. The molecule has 0 aromatic rings. The second-order valence-corrected chi connectivity index (χ2v) is 21.2. The maximum atomic E-state index is 6.64. The van der Waals surface area contributed by atoms with E-state index < -0.39 is 0 Å². The second kappa shape index (κ2) is 18.4. The van der Waals surface area contributed by atoms with Gasteiger partial charge in [0.25, 0.3) is 0 Å². The first-order valence-corrected chi connectivity index (χ1v) is 21.9. The van der Waals surface area contributed by atoms with Gasteiger partial charge in [-0.1, -0.05) is 54.4 Å². The molecule has 0 spiro atoms. The molecule has 50 heavy (non-hydrogen) atoms. The zero-order valence-electron chi connectivity index (χ0n) is 36.8. The number of hydrogen-bond acceptors (Lipinski definition) is 4. The minimum atomic E-state index is 0.302. The number of methoxy groups -OCH3 is 1. The van der Waals surface area contributed by atoms with Crippen molar-refractivity contribution in [2.45, 2.75) is 221 Å². The van der Waals surface area contributed by atoms with Gasteiger partial charge in [0.05, 0.1) is 12.2 Å². The first-order valence-electron chi connectivity index (χ1n) is 21.9. The Kier molecular flexibility index (Phi) is 16.3. The summed E-state index contributed by atoms with van der Waals surface area (Å²) in [7, 11) is 4.17. The number of hydrogen-bond donors (Lipinski definition) is 0. The molecule has 296 valence electrons. The number of unbranched alkanes of at least 4 members (excludes halogenated alkanes) is 2. The minimum Gasteiger partial charge on any atom is -0.381 e. The van der Waals surface area contributed by atoms with Crippen LogP contribution in [0, 0.1) is 47.3 Å². The van der Waals surface area contributed by atoms with Gasteiger partial charge in [-0.3, -0.25) is 9.80 Å². The molecule has 0 radical (unpaired) electrons. The van der Waals surface area contributed by atoms with E-state index in [9.17, 15) is 0 Å². The predicted octanol–water partition coefficient (Wildman–Crippen LogP) is 12.3. The summed E-state index contributed by atoms with van der Waals surface area (Å²) >= 11 is 0. The standard InChI is InChI=1S/C29H57NO.C17H33NO/c1-11-13-15-30-28(7,8)19-24(20-29(30,9)10)23-17-25(21(3)4)27(31-16-14-12-2)26(18-23)22(5)6;1-16(2)11-14(12-17(3,4)18(16)5)13-7-9-15(19-6)10-8-13/h21-27H,11-20H2,1-10H3;13-15H,7-12H2,1-6H3. The fraction of sp³-hybridized carbons (Fsp3) is 1.00. The van der Waals surface area contributed by atoms with Crippen LogP contribution in [-0.2, 0) is 9.47 Å². The molecular formula is C46H90N2O2. The van der Waals surface area contributed by atoms with Crippen molar-refractivity contribution < 1.29 is 9.47 Å². The van der Waals surface area contributed by atoms with Gasteiger partial charge in [-0.15, -0.1) is 0 Å². The van der Waals surface area contributed by atoms with Gasteiger partial charge < -0.3 is 9.47 Å². The van der Waals surface area contributed by atoms with E-state index in [1.807, 2.05) is 7.11 Å². The van der Waals surface area contributed by atoms with Crippen molar-refractivity contribution in [3.8, 4) is 0 Å². The lowest BCUT2D eigenvalue weighted by Gasteiger charge is -2.58. The molecule has 2 saturated heterocycles. The molecule has 2 atom stereocenters. The lowest BCUT2D eigenvalue weighted by Crippen LogP contribution is -2.62. The molecule has 0 amide bonds. The smallest absolute Gasteiger partial charge is 0.0636 e. The molecule has 4 heteroatoms. The molecule has 4 fully saturated rings. The van der Waals surface area contributed by atoms with Crippen molar-refractivity contribution >= 4 is 0 Å². The molecule has 4 nitrogen and oxygen atoms in total. The maximum absolute atomic E-state index is 6.64. The largest absolute Gasteiger partial charge is 0.381 e. The third-order valence-corrected chi connectivity index (χ3v) is 15.0. The van der Waals surface area contributed by atoms with Gasteiger partial charge in [0.15, 0.2) is 0 Å². The van der Waals surface area contributed by atoms with Crippen LogP contribution in [0.1, 0.15) is 187 Å². The van der Waals surface area contributed by atoms with Crippen LogP contribution in [0.5, 0.6) is 0 Å². The van der Waals surface area contributed by atoms with Crippen molar-refractivity contribution in [3.05, 3.63) is 0 Å². The molecule has 0 aromatic heterocycles. The normalized spacial score (nSPS) is 33.7. The summed E-state index contributed by atoms with van der Waals surface area (Å²) in [5, 5.41) is 0. The van der Waals surface area contributed by atoms with Crippen molar-refractivity contribution in [2.75, 3.05) is 27.3 Å². The average Bonchev–Trinajstić information content (AvgIpc) is 3.02. The van der Waals surface area contributed by atoms with Crippen molar-refractivity contribution in [2.24, 2.45) is 47.3 Å². The van der Waals surface area contributed by atoms with Crippen LogP contribution in [0.3, 0.4) is 0 Å². The Hall–Kier alpha value is -0.160. The van der Waals surface area contributed by atoms with Crippen LogP contribution in [-0.4, -0.2) is 71.5 Å². The molecule has 2 aliphatic carbocycles. The van der Waals surface area contributed by atoms with Crippen LogP contribution >= 0.6 is 0 Å². The highest BCUT2D eigenvalue weighted by atomic mass is 16.5. The lowest BCUT2D eigenvalue weighted by atomic mass is 9.59. The van der Waals surface area contributed by atoms with Crippen molar-refractivity contribution in [3.63, 3.8) is 0 Å². The summed E-state index contributed by atoms with van der Waals surface area (Å²) < 4.78 is 12.2. The van der Waals surface area contributed by atoms with Crippen molar-refractivity contribution in [1.29, 1.82) is 0 Å². The summed E-state index contributed by atoms with van der Waals surface area (Å²) in [6.07, 6.45) is 19.5. The van der Waals surface area contributed by atoms with E-state index in [1.54, 1.807) is 0 Å². The molecule has 0 N–H and O–H groups in total. The number of rotatable bonds is 12. The van der Waals surface area contributed by atoms with Gasteiger partial charge in [0.1, 0.15) is 0 Å². The highest BCUT2D eigenvalue weighted by Gasteiger charge is 2.50. The summed E-state index contributed by atoms with van der Waals surface area (Å²) in [6, 6.07) is 0. The maximum Gasteiger partial charge on any atom is 0.0636 e. The Bertz CT molecular complexity index is 923. The third-order valence-electron chi connectivity index (χ3n) is 15.0. The first kappa shape index (κ1) is 44.2. The average molecular weight is 703 g/mol. The second-order valence-electron chi connectivity index (χ2n) is 21.2. The van der Waals surface area contributed by atoms with Crippen molar-refractivity contribution in [1.82, 2.24) is 9.80 Å². The van der Waals surface area contributed by atoms with E-state index in [0.29, 0.717) is 58.0 Å². The fourth-order valence-electron chi connectivity index (χ4n) is 11.9. The van der Waals surface area contributed by atoms with Gasteiger partial charge in [-0.2, -0.15) is 0 Å². The SMILES string of the molecule is CCCCOC1C(C(C)C)CC(C2CC(C)(C)N(CCCC)C(C)(C)C2)CC1C(C)C.COC1CCC(C2CC(C)(C)N(C)C(C)(C)C2)CC1. The molecule has 2 unspecified atom stereocenters. The van der Waals surface area contributed by atoms with Gasteiger partial charge in [0, 0.05) is 35.9 Å². The Morgan fingerprint density at radius 2 is 1.04 bits per heavy atom. The van der Waals surface area contributed by atoms with E-state index in [-0.39, 0.29) is 0 Å². The Labute approximate surface area is 314 Å². The molecule has 4 rings (SSSR count). The zero-order valence-corrected chi connectivity index (χ0v) is 36.8. The molecule has 2 saturated carbocycles. The summed E-state index contributed by atoms with van der Waals surface area (Å²) in [5.74, 6) is 6.39. The quantitative estimate of drug-likeness (QED) is 0.189. The van der Waals surface area contributed by atoms with Gasteiger partial charge >= 0.3 is 0 Å². The van der Waals surface area contributed by atoms with Crippen LogP contribution < -0.4 is 0 Å². The van der Waals surface area contributed by atoms with Crippen LogP contribution in [0.4, 0.5) is 0 Å². The molecule has 2 heterocycles. The Balaban J connectivity index is 0.000000303. The molecule has 4 aliphatic rings. The Morgan fingerprint density at radius 1 is 0.600 bits per heavy atom. The predicted molar refractivity (Wildman–Crippen MR) is 218 cm³/mol. The number of nitrogens with zero attached hydrogens (tertiary/aromatic N) is 2. The van der Waals surface area contributed by atoms with E-state index >= 15 is 0 Å². The van der Waals surface area contributed by atoms with Gasteiger partial charge in [0.2, 0.25) is 0 Å². The van der Waals surface area contributed by atoms with Crippen LogP contribution in [0.15, 0.2) is 0 Å². The Morgan fingerprint density at radius 3 is 1.46 bits per heavy atom. The van der Waals surface area contributed by atoms with Gasteiger partial charge in [-0.25, -0.2) is 0 Å².